The number of hydroxylamine groups is 2. The van der Waals surface area contributed by atoms with Crippen LogP contribution >= 0.6 is 0 Å². The van der Waals surface area contributed by atoms with Crippen molar-refractivity contribution in [3.05, 3.63) is 0 Å². The standard InChI is InChI=1S/C18H29N3O7/c1-12(16(25)28-21-14(23)9-10-15(21)24)20-13(22)8-6-5-7-11-19-17(26)27-18(2,3)4/h12H,5-11H2,1-4H3,(H,19,26)(H,20,22). The molecule has 0 spiro atoms. The van der Waals surface area contributed by atoms with Crippen LogP contribution in [-0.4, -0.2) is 53.0 Å². The van der Waals surface area contributed by atoms with Crippen molar-refractivity contribution in [2.75, 3.05) is 6.54 Å². The summed E-state index contributed by atoms with van der Waals surface area (Å²) in [6.07, 6.45) is 1.71. The van der Waals surface area contributed by atoms with Gasteiger partial charge in [-0.1, -0.05) is 6.42 Å². The van der Waals surface area contributed by atoms with E-state index in [1.165, 1.54) is 6.92 Å². The summed E-state index contributed by atoms with van der Waals surface area (Å²) in [4.78, 5) is 62.8. The molecule has 10 nitrogen and oxygen atoms in total. The van der Waals surface area contributed by atoms with E-state index in [1.807, 2.05) is 0 Å². The molecule has 1 fully saturated rings. The molecule has 2 N–H and O–H groups in total. The number of carbonyl (C=O) groups is 5. The van der Waals surface area contributed by atoms with Gasteiger partial charge in [0.05, 0.1) is 0 Å². The van der Waals surface area contributed by atoms with Crippen molar-refractivity contribution in [3.8, 4) is 0 Å². The largest absolute Gasteiger partial charge is 0.444 e. The van der Waals surface area contributed by atoms with Crippen LogP contribution in [-0.2, 0) is 28.8 Å². The van der Waals surface area contributed by atoms with Crippen molar-refractivity contribution in [1.82, 2.24) is 15.7 Å². The molecule has 4 amide bonds. The van der Waals surface area contributed by atoms with E-state index in [1.54, 1.807) is 20.8 Å². The average Bonchev–Trinajstić information content (AvgIpc) is 2.88. The number of amides is 4. The summed E-state index contributed by atoms with van der Waals surface area (Å²) in [5.41, 5.74) is -0.546. The molecule has 1 aliphatic heterocycles. The van der Waals surface area contributed by atoms with Gasteiger partial charge in [-0.2, -0.15) is 0 Å². The molecule has 0 aromatic rings. The maximum Gasteiger partial charge on any atom is 0.407 e. The maximum absolute atomic E-state index is 11.9. The maximum atomic E-state index is 11.9. The van der Waals surface area contributed by atoms with E-state index in [4.69, 9.17) is 9.57 Å². The second-order valence-electron chi connectivity index (χ2n) is 7.52. The highest BCUT2D eigenvalue weighted by atomic mass is 16.7. The van der Waals surface area contributed by atoms with Gasteiger partial charge in [0.25, 0.3) is 11.8 Å². The van der Waals surface area contributed by atoms with E-state index >= 15 is 0 Å². The number of unbranched alkanes of at least 4 members (excludes halogenated alkanes) is 2. The summed E-state index contributed by atoms with van der Waals surface area (Å²) >= 11 is 0. The normalized spacial score (nSPS) is 15.2. The Morgan fingerprint density at radius 2 is 1.68 bits per heavy atom. The zero-order valence-electron chi connectivity index (χ0n) is 16.8. The molecule has 158 valence electrons. The molecule has 1 heterocycles. The lowest BCUT2D eigenvalue weighted by Crippen LogP contribution is -2.43. The number of hydrogen-bond acceptors (Lipinski definition) is 7. The van der Waals surface area contributed by atoms with Gasteiger partial charge in [0.15, 0.2) is 0 Å². The van der Waals surface area contributed by atoms with Crippen LogP contribution in [0.3, 0.4) is 0 Å². The van der Waals surface area contributed by atoms with Crippen LogP contribution in [0.15, 0.2) is 0 Å². The zero-order chi connectivity index (χ0) is 21.3. The van der Waals surface area contributed by atoms with Gasteiger partial charge in [-0.25, -0.2) is 9.59 Å². The highest BCUT2D eigenvalue weighted by Gasteiger charge is 2.34. The van der Waals surface area contributed by atoms with E-state index in [0.29, 0.717) is 30.9 Å². The molecule has 0 bridgehead atoms. The molecule has 1 rings (SSSR count). The first-order chi connectivity index (χ1) is 13.0. The van der Waals surface area contributed by atoms with Crippen molar-refractivity contribution in [2.45, 2.75) is 77.9 Å². The molecule has 0 aromatic heterocycles. The van der Waals surface area contributed by atoms with Crippen molar-refractivity contribution in [2.24, 2.45) is 0 Å². The van der Waals surface area contributed by atoms with Crippen LogP contribution in [0.4, 0.5) is 4.79 Å². The van der Waals surface area contributed by atoms with Crippen molar-refractivity contribution in [1.29, 1.82) is 0 Å². The van der Waals surface area contributed by atoms with Gasteiger partial charge in [-0.05, 0) is 40.5 Å². The second-order valence-corrected chi connectivity index (χ2v) is 7.52. The summed E-state index contributed by atoms with van der Waals surface area (Å²) in [5, 5.41) is 5.55. The summed E-state index contributed by atoms with van der Waals surface area (Å²) < 4.78 is 5.11. The first-order valence-electron chi connectivity index (χ1n) is 9.33. The lowest BCUT2D eigenvalue weighted by molar-refractivity contribution is -0.198. The Hall–Kier alpha value is -2.65. The highest BCUT2D eigenvalue weighted by Crippen LogP contribution is 2.12. The fourth-order valence-corrected chi connectivity index (χ4v) is 2.29. The van der Waals surface area contributed by atoms with Gasteiger partial charge in [0.1, 0.15) is 11.6 Å². The van der Waals surface area contributed by atoms with Crippen LogP contribution in [0.2, 0.25) is 0 Å². The number of alkyl carbamates (subject to hydrolysis) is 1. The average molecular weight is 399 g/mol. The first-order valence-corrected chi connectivity index (χ1v) is 9.33. The number of ether oxygens (including phenoxy) is 1. The molecule has 0 aliphatic carbocycles. The topological polar surface area (TPSA) is 131 Å². The molecule has 1 unspecified atom stereocenters. The third kappa shape index (κ3) is 8.83. The van der Waals surface area contributed by atoms with E-state index in [2.05, 4.69) is 10.6 Å². The SMILES string of the molecule is CC(NC(=O)CCCCCNC(=O)OC(C)(C)C)C(=O)ON1C(=O)CCC1=O. The van der Waals surface area contributed by atoms with E-state index in [0.717, 1.165) is 0 Å². The third-order valence-corrected chi connectivity index (χ3v) is 3.67. The van der Waals surface area contributed by atoms with E-state index < -0.39 is 35.5 Å². The van der Waals surface area contributed by atoms with Gasteiger partial charge in [0.2, 0.25) is 5.91 Å². The van der Waals surface area contributed by atoms with Gasteiger partial charge in [0, 0.05) is 25.8 Å². The summed E-state index contributed by atoms with van der Waals surface area (Å²) in [5.74, 6) is -2.36. The van der Waals surface area contributed by atoms with Gasteiger partial charge in [-0.15, -0.1) is 5.06 Å². The Kier molecular flexibility index (Phi) is 8.87. The van der Waals surface area contributed by atoms with Crippen molar-refractivity contribution in [3.63, 3.8) is 0 Å². The monoisotopic (exact) mass is 399 g/mol. The number of nitrogens with one attached hydrogen (secondary N) is 2. The molecule has 1 aliphatic rings. The fraction of sp³-hybridized carbons (Fsp3) is 0.722. The molecule has 28 heavy (non-hydrogen) atoms. The summed E-state index contributed by atoms with van der Waals surface area (Å²) in [7, 11) is 0. The fourth-order valence-electron chi connectivity index (χ4n) is 2.29. The predicted molar refractivity (Wildman–Crippen MR) is 97.5 cm³/mol. The first kappa shape index (κ1) is 23.4. The quantitative estimate of drug-likeness (QED) is 0.440. The van der Waals surface area contributed by atoms with Gasteiger partial charge in [-0.3, -0.25) is 14.4 Å². The zero-order valence-corrected chi connectivity index (χ0v) is 16.8. The summed E-state index contributed by atoms with van der Waals surface area (Å²) in [6.45, 7) is 7.20. The molecular formula is C18H29N3O7. The summed E-state index contributed by atoms with van der Waals surface area (Å²) in [6, 6.07) is -0.984. The minimum Gasteiger partial charge on any atom is -0.444 e. The molecule has 0 aromatic carbocycles. The van der Waals surface area contributed by atoms with Crippen molar-refractivity contribution >= 4 is 29.8 Å². The van der Waals surface area contributed by atoms with Gasteiger partial charge >= 0.3 is 12.1 Å². The third-order valence-electron chi connectivity index (χ3n) is 3.67. The van der Waals surface area contributed by atoms with Crippen LogP contribution in [0.5, 0.6) is 0 Å². The van der Waals surface area contributed by atoms with Crippen LogP contribution in [0, 0.1) is 0 Å². The number of nitrogens with zero attached hydrogens (tertiary/aromatic N) is 1. The molecule has 1 atom stereocenters. The highest BCUT2D eigenvalue weighted by molar-refractivity contribution is 6.01. The molecule has 0 saturated carbocycles. The Bertz CT molecular complexity index is 597. The molecular weight excluding hydrogens is 370 g/mol. The van der Waals surface area contributed by atoms with Gasteiger partial charge < -0.3 is 20.2 Å². The van der Waals surface area contributed by atoms with E-state index in [-0.39, 0.29) is 25.2 Å². The van der Waals surface area contributed by atoms with E-state index in [9.17, 15) is 24.0 Å². The Labute approximate surface area is 164 Å². The minimum absolute atomic E-state index is 0.00956. The van der Waals surface area contributed by atoms with Crippen LogP contribution in [0.25, 0.3) is 0 Å². The number of imide groups is 1. The molecule has 0 radical (unpaired) electrons. The van der Waals surface area contributed by atoms with Crippen LogP contribution < -0.4 is 10.6 Å². The number of hydrogen-bond donors (Lipinski definition) is 2. The Balaban J connectivity index is 2.15. The minimum atomic E-state index is -0.984. The second kappa shape index (κ2) is 10.6. The smallest absolute Gasteiger partial charge is 0.407 e. The lowest BCUT2D eigenvalue weighted by atomic mass is 10.2. The lowest BCUT2D eigenvalue weighted by Gasteiger charge is -2.19. The molecule has 1 saturated heterocycles. The van der Waals surface area contributed by atoms with Crippen molar-refractivity contribution < 1.29 is 33.5 Å². The predicted octanol–water partition coefficient (Wildman–Crippen LogP) is 1.18. The number of rotatable bonds is 9. The Morgan fingerprint density at radius 3 is 2.25 bits per heavy atom. The van der Waals surface area contributed by atoms with Crippen LogP contribution in [0.1, 0.15) is 66.2 Å². The molecule has 10 heteroatoms. The number of carbonyl (C=O) groups excluding carboxylic acids is 5. The Morgan fingerprint density at radius 1 is 1.07 bits per heavy atom.